The number of hydrogen-bond donors (Lipinski definition) is 2. The number of nitrogens with one attached hydrogen (secondary N) is 2. The average Bonchev–Trinajstić information content (AvgIpc) is 3.29. The molecule has 1 heterocycles. The number of aryl methyl sites for hydroxylation is 2. The number of hydrogen-bond acceptors (Lipinski definition) is 5. The van der Waals surface area contributed by atoms with Crippen LogP contribution in [0.4, 0.5) is 11.5 Å². The van der Waals surface area contributed by atoms with Crippen LogP contribution in [0.3, 0.4) is 0 Å². The highest BCUT2D eigenvalue weighted by Crippen LogP contribution is 2.35. The van der Waals surface area contributed by atoms with Crippen LogP contribution in [0, 0.1) is 0 Å². The molecule has 1 atom stereocenters. The monoisotopic (exact) mass is 518 g/mol. The van der Waals surface area contributed by atoms with Crippen LogP contribution < -0.4 is 10.0 Å². The van der Waals surface area contributed by atoms with Gasteiger partial charge in [-0.05, 0) is 78.8 Å². The Balaban J connectivity index is 1.56. The molecule has 2 N–H and O–H groups in total. The summed E-state index contributed by atoms with van der Waals surface area (Å²) >= 11 is 0. The lowest BCUT2D eigenvalue weighted by Gasteiger charge is -2.22. The Hall–Kier alpha value is -3.49. The van der Waals surface area contributed by atoms with Gasteiger partial charge in [0.15, 0.2) is 0 Å². The predicted molar refractivity (Wildman–Crippen MR) is 148 cm³/mol. The van der Waals surface area contributed by atoms with Crippen LogP contribution in [0.5, 0.6) is 0 Å². The van der Waals surface area contributed by atoms with Gasteiger partial charge in [0.05, 0.1) is 10.5 Å². The molecule has 194 valence electrons. The van der Waals surface area contributed by atoms with Gasteiger partial charge >= 0.3 is 0 Å². The van der Waals surface area contributed by atoms with Crippen molar-refractivity contribution < 1.29 is 13.2 Å². The first-order chi connectivity index (χ1) is 17.9. The molecule has 1 amide bonds. The van der Waals surface area contributed by atoms with E-state index in [1.54, 1.807) is 41.4 Å². The van der Waals surface area contributed by atoms with Gasteiger partial charge in [0.25, 0.3) is 5.91 Å². The third-order valence-corrected chi connectivity index (χ3v) is 8.08. The Bertz CT molecular complexity index is 1370. The van der Waals surface area contributed by atoms with Gasteiger partial charge in [-0.15, -0.1) is 6.58 Å². The molecule has 4 rings (SSSR count). The fourth-order valence-electron chi connectivity index (χ4n) is 4.65. The molecule has 0 aliphatic heterocycles. The number of sulfonamides is 1. The van der Waals surface area contributed by atoms with Gasteiger partial charge in [-0.25, -0.2) is 18.1 Å². The van der Waals surface area contributed by atoms with Crippen LogP contribution in [0.1, 0.15) is 59.8 Å². The van der Waals surface area contributed by atoms with Crippen LogP contribution in [-0.4, -0.2) is 37.3 Å². The van der Waals surface area contributed by atoms with Gasteiger partial charge in [-0.2, -0.15) is 0 Å². The summed E-state index contributed by atoms with van der Waals surface area (Å²) in [6.45, 7) is 8.92. The van der Waals surface area contributed by atoms with E-state index in [0.717, 1.165) is 41.6 Å². The maximum Gasteiger partial charge on any atom is 0.257 e. The minimum Gasteiger partial charge on any atom is -0.340 e. The quantitative estimate of drug-likeness (QED) is 0.332. The summed E-state index contributed by atoms with van der Waals surface area (Å²) < 4.78 is 29.0. The van der Waals surface area contributed by atoms with Gasteiger partial charge in [-0.1, -0.05) is 38.1 Å². The molecule has 0 radical (unpaired) electrons. The number of benzene rings is 2. The molecule has 1 aliphatic carbocycles. The smallest absolute Gasteiger partial charge is 0.257 e. The Morgan fingerprint density at radius 1 is 1.16 bits per heavy atom. The lowest BCUT2D eigenvalue weighted by Crippen LogP contribution is -2.32. The normalized spacial score (nSPS) is 14.7. The van der Waals surface area contributed by atoms with Gasteiger partial charge in [0.1, 0.15) is 5.82 Å². The van der Waals surface area contributed by atoms with E-state index in [9.17, 15) is 13.2 Å². The fraction of sp³-hybridized carbons (Fsp3) is 0.310. The van der Waals surface area contributed by atoms with Gasteiger partial charge in [0.2, 0.25) is 10.0 Å². The molecule has 8 heteroatoms. The van der Waals surface area contributed by atoms with Gasteiger partial charge < -0.3 is 10.2 Å². The molecule has 0 bridgehead atoms. The number of aromatic nitrogens is 1. The average molecular weight is 519 g/mol. The van der Waals surface area contributed by atoms with Crippen molar-refractivity contribution in [3.8, 4) is 0 Å². The summed E-state index contributed by atoms with van der Waals surface area (Å²) in [6, 6.07) is 16.1. The largest absolute Gasteiger partial charge is 0.340 e. The number of amides is 1. The van der Waals surface area contributed by atoms with Crippen LogP contribution >= 0.6 is 0 Å². The summed E-state index contributed by atoms with van der Waals surface area (Å²) in [5.41, 5.74) is 4.36. The second-order valence-corrected chi connectivity index (χ2v) is 10.9. The molecule has 3 aromatic rings. The third-order valence-electron chi connectivity index (χ3n) is 6.59. The number of anilines is 2. The molecular weight excluding hydrogens is 484 g/mol. The molecule has 0 saturated carbocycles. The minimum absolute atomic E-state index is 0.113. The molecule has 1 aromatic heterocycles. The summed E-state index contributed by atoms with van der Waals surface area (Å²) in [4.78, 5) is 19.7. The SMILES string of the molecule is C=CCN(CCC)C(=O)c1cccnc1Nc1ccc2c(c1)C(NS(=O)(=O)c1ccc(CC)cc1)CC2. The van der Waals surface area contributed by atoms with Crippen molar-refractivity contribution in [2.75, 3.05) is 18.4 Å². The topological polar surface area (TPSA) is 91.4 Å². The van der Waals surface area contributed by atoms with Crippen molar-refractivity contribution in [1.82, 2.24) is 14.6 Å². The zero-order chi connectivity index (χ0) is 26.4. The zero-order valence-corrected chi connectivity index (χ0v) is 22.2. The van der Waals surface area contributed by atoms with Crippen LogP contribution in [0.25, 0.3) is 0 Å². The molecular formula is C29H34N4O3S. The zero-order valence-electron chi connectivity index (χ0n) is 21.4. The maximum atomic E-state index is 13.2. The second-order valence-electron chi connectivity index (χ2n) is 9.19. The summed E-state index contributed by atoms with van der Waals surface area (Å²) in [5, 5.41) is 3.29. The van der Waals surface area contributed by atoms with Crippen LogP contribution in [0.2, 0.25) is 0 Å². The van der Waals surface area contributed by atoms with Crippen molar-refractivity contribution in [3.63, 3.8) is 0 Å². The molecule has 1 aliphatic rings. The fourth-order valence-corrected chi connectivity index (χ4v) is 5.90. The first kappa shape index (κ1) is 26.6. The van der Waals surface area contributed by atoms with Crippen molar-refractivity contribution in [2.45, 2.75) is 50.5 Å². The van der Waals surface area contributed by atoms with E-state index in [1.165, 1.54) is 0 Å². The van der Waals surface area contributed by atoms with E-state index in [2.05, 4.69) is 21.6 Å². The molecule has 1 unspecified atom stereocenters. The first-order valence-corrected chi connectivity index (χ1v) is 14.2. The number of carbonyl (C=O) groups excluding carboxylic acids is 1. The van der Waals surface area contributed by atoms with E-state index in [4.69, 9.17) is 0 Å². The first-order valence-electron chi connectivity index (χ1n) is 12.7. The lowest BCUT2D eigenvalue weighted by atomic mass is 10.1. The molecule has 7 nitrogen and oxygen atoms in total. The van der Waals surface area contributed by atoms with Gasteiger partial charge in [0, 0.05) is 31.0 Å². The third kappa shape index (κ3) is 6.09. The second kappa shape index (κ2) is 11.7. The van der Waals surface area contributed by atoms with E-state index >= 15 is 0 Å². The van der Waals surface area contributed by atoms with E-state index in [-0.39, 0.29) is 16.8 Å². The van der Waals surface area contributed by atoms with Crippen LogP contribution in [0.15, 0.2) is 78.3 Å². The minimum atomic E-state index is -3.66. The Kier molecular flexibility index (Phi) is 8.41. The number of rotatable bonds is 11. The molecule has 0 saturated heterocycles. The highest BCUT2D eigenvalue weighted by Gasteiger charge is 2.28. The number of nitrogens with zero attached hydrogens (tertiary/aromatic N) is 2. The molecule has 0 spiro atoms. The Morgan fingerprint density at radius 2 is 1.95 bits per heavy atom. The van der Waals surface area contributed by atoms with Crippen molar-refractivity contribution in [3.05, 3.63) is 95.7 Å². The van der Waals surface area contributed by atoms with E-state index in [1.807, 2.05) is 44.2 Å². The lowest BCUT2D eigenvalue weighted by molar-refractivity contribution is 0.0774. The van der Waals surface area contributed by atoms with Crippen LogP contribution in [-0.2, 0) is 22.9 Å². The molecule has 0 fully saturated rings. The summed E-state index contributed by atoms with van der Waals surface area (Å²) in [5.74, 6) is 0.349. The number of carbonyl (C=O) groups is 1. The van der Waals surface area contributed by atoms with Crippen molar-refractivity contribution in [1.29, 1.82) is 0 Å². The van der Waals surface area contributed by atoms with Crippen molar-refractivity contribution >= 4 is 27.4 Å². The number of pyridine rings is 1. The molecule has 2 aromatic carbocycles. The predicted octanol–water partition coefficient (Wildman–Crippen LogP) is 5.39. The van der Waals surface area contributed by atoms with E-state index in [0.29, 0.717) is 30.9 Å². The Morgan fingerprint density at radius 3 is 2.65 bits per heavy atom. The molecule has 37 heavy (non-hydrogen) atoms. The highest BCUT2D eigenvalue weighted by atomic mass is 32.2. The standard InChI is InChI=1S/C29H34N4O3S/c1-4-18-33(19-5-2)29(34)25-8-7-17-30-28(25)31-23-13-11-22-12-16-27(26(22)20-23)32-37(35,36)24-14-9-21(6-3)10-15-24/h4,7-11,13-15,17,20,27,32H,1,5-6,12,16,18-19H2,2-3H3,(H,30,31). The number of fused-ring (bicyclic) bond motifs is 1. The van der Waals surface area contributed by atoms with Gasteiger partial charge in [-0.3, -0.25) is 4.79 Å². The summed E-state index contributed by atoms with van der Waals surface area (Å²) in [6.07, 6.45) is 6.54. The summed E-state index contributed by atoms with van der Waals surface area (Å²) in [7, 11) is -3.66. The maximum absolute atomic E-state index is 13.2. The Labute approximate surface area is 219 Å². The highest BCUT2D eigenvalue weighted by molar-refractivity contribution is 7.89. The van der Waals surface area contributed by atoms with E-state index < -0.39 is 10.0 Å². The van der Waals surface area contributed by atoms with Crippen molar-refractivity contribution in [2.24, 2.45) is 0 Å².